The summed E-state index contributed by atoms with van der Waals surface area (Å²) in [5, 5.41) is 0. The van der Waals surface area contributed by atoms with Crippen LogP contribution in [0.1, 0.15) is 23.2 Å². The number of fused-ring (bicyclic) bond motifs is 1. The minimum atomic E-state index is 0.0436. The van der Waals surface area contributed by atoms with Crippen molar-refractivity contribution >= 4 is 17.1 Å². The van der Waals surface area contributed by atoms with Crippen LogP contribution in [0.2, 0.25) is 0 Å². The highest BCUT2D eigenvalue weighted by atomic mass is 16.2. The highest BCUT2D eigenvalue weighted by molar-refractivity contribution is 5.88. The number of carbonyl (C=O) groups excluding carboxylic acids is 1. The first-order chi connectivity index (χ1) is 9.84. The van der Waals surface area contributed by atoms with Gasteiger partial charge in [-0.3, -0.25) is 9.36 Å². The highest BCUT2D eigenvalue weighted by Crippen LogP contribution is 2.11. The molecule has 0 aliphatic rings. The van der Waals surface area contributed by atoms with E-state index < -0.39 is 0 Å². The summed E-state index contributed by atoms with van der Waals surface area (Å²) >= 11 is 0. The molecule has 0 N–H and O–H groups in total. The zero-order valence-electron chi connectivity index (χ0n) is 11.1. The summed E-state index contributed by atoms with van der Waals surface area (Å²) in [6, 6.07) is 13.9. The first-order valence-corrected chi connectivity index (χ1v) is 6.70. The van der Waals surface area contributed by atoms with Crippen molar-refractivity contribution in [3.8, 4) is 0 Å². The molecule has 0 saturated carbocycles. The third kappa shape index (κ3) is 2.59. The average molecular weight is 265 g/mol. The van der Waals surface area contributed by atoms with Gasteiger partial charge in [-0.2, -0.15) is 0 Å². The van der Waals surface area contributed by atoms with Crippen molar-refractivity contribution in [3.05, 3.63) is 60.6 Å². The van der Waals surface area contributed by atoms with Crippen LogP contribution in [0.3, 0.4) is 0 Å². The lowest BCUT2D eigenvalue weighted by molar-refractivity contribution is 0.0904. The Morgan fingerprint density at radius 2 is 1.90 bits per heavy atom. The molecule has 0 unspecified atom stereocenters. The van der Waals surface area contributed by atoms with Crippen molar-refractivity contribution in [2.24, 2.45) is 0 Å². The van der Waals surface area contributed by atoms with Crippen LogP contribution in [0.5, 0.6) is 0 Å². The average Bonchev–Trinajstić information content (AvgIpc) is 2.92. The van der Waals surface area contributed by atoms with Gasteiger partial charge in [0.05, 0.1) is 0 Å². The van der Waals surface area contributed by atoms with Gasteiger partial charge in [-0.1, -0.05) is 30.3 Å². The van der Waals surface area contributed by atoms with E-state index in [-0.39, 0.29) is 5.91 Å². The number of pyridine rings is 1. The maximum absolute atomic E-state index is 12.2. The summed E-state index contributed by atoms with van der Waals surface area (Å²) in [5.74, 6) is 0.0436. The predicted octanol–water partition coefficient (Wildman–Crippen LogP) is 3.09. The normalized spacial score (nSPS) is 10.8. The lowest BCUT2D eigenvalue weighted by atomic mass is 10.1. The van der Waals surface area contributed by atoms with Gasteiger partial charge in [0.25, 0.3) is 0 Å². The standard InChI is InChI=1S/C16H15N3O/c20-15(10-4-8-13-6-2-1-3-7-13)19-12-18-14-9-5-11-17-16(14)19/h1-3,5-7,9,11-12H,4,8,10H2. The third-order valence-electron chi connectivity index (χ3n) is 3.27. The SMILES string of the molecule is O=C(CCCc1ccccc1)n1cnc2cccnc21. The molecular formula is C16H15N3O. The zero-order valence-corrected chi connectivity index (χ0v) is 11.1. The van der Waals surface area contributed by atoms with Gasteiger partial charge in [0.2, 0.25) is 5.91 Å². The molecule has 1 aromatic carbocycles. The second-order valence-corrected chi connectivity index (χ2v) is 4.69. The highest BCUT2D eigenvalue weighted by Gasteiger charge is 2.10. The van der Waals surface area contributed by atoms with Crippen LogP contribution in [0.4, 0.5) is 0 Å². The van der Waals surface area contributed by atoms with Gasteiger partial charge in [0, 0.05) is 12.6 Å². The molecule has 2 aromatic heterocycles. The molecular weight excluding hydrogens is 250 g/mol. The van der Waals surface area contributed by atoms with Gasteiger partial charge < -0.3 is 0 Å². The predicted molar refractivity (Wildman–Crippen MR) is 77.5 cm³/mol. The van der Waals surface area contributed by atoms with Crippen LogP contribution in [0.25, 0.3) is 11.2 Å². The Labute approximate surface area is 117 Å². The van der Waals surface area contributed by atoms with Crippen molar-refractivity contribution in [2.75, 3.05) is 0 Å². The molecule has 0 amide bonds. The van der Waals surface area contributed by atoms with E-state index in [4.69, 9.17) is 0 Å². The lowest BCUT2D eigenvalue weighted by Crippen LogP contribution is -2.10. The molecule has 0 fully saturated rings. The maximum atomic E-state index is 12.2. The minimum Gasteiger partial charge on any atom is -0.274 e. The second kappa shape index (κ2) is 5.65. The first-order valence-electron chi connectivity index (χ1n) is 6.70. The second-order valence-electron chi connectivity index (χ2n) is 4.69. The number of benzene rings is 1. The van der Waals surface area contributed by atoms with Gasteiger partial charge >= 0.3 is 0 Å². The lowest BCUT2D eigenvalue weighted by Gasteiger charge is -2.03. The molecule has 0 aliphatic carbocycles. The minimum absolute atomic E-state index is 0.0436. The van der Waals surface area contributed by atoms with Crippen LogP contribution in [-0.4, -0.2) is 20.4 Å². The fourth-order valence-corrected chi connectivity index (χ4v) is 2.24. The Hall–Kier alpha value is -2.49. The molecule has 2 heterocycles. The number of aryl methyl sites for hydroxylation is 1. The van der Waals surface area contributed by atoms with Gasteiger partial charge in [0.15, 0.2) is 5.65 Å². The van der Waals surface area contributed by atoms with E-state index in [0.29, 0.717) is 12.1 Å². The molecule has 0 spiro atoms. The fourth-order valence-electron chi connectivity index (χ4n) is 2.24. The molecule has 0 aliphatic heterocycles. The maximum Gasteiger partial charge on any atom is 0.233 e. The zero-order chi connectivity index (χ0) is 13.8. The van der Waals surface area contributed by atoms with Crippen LogP contribution in [-0.2, 0) is 6.42 Å². The third-order valence-corrected chi connectivity index (χ3v) is 3.27. The summed E-state index contributed by atoms with van der Waals surface area (Å²) in [6.07, 6.45) is 5.47. The van der Waals surface area contributed by atoms with Gasteiger partial charge in [-0.15, -0.1) is 0 Å². The number of nitrogens with zero attached hydrogens (tertiary/aromatic N) is 3. The van der Waals surface area contributed by atoms with E-state index in [1.807, 2.05) is 30.3 Å². The molecule has 20 heavy (non-hydrogen) atoms. The van der Waals surface area contributed by atoms with Crippen molar-refractivity contribution < 1.29 is 4.79 Å². The van der Waals surface area contributed by atoms with Crippen molar-refractivity contribution in [1.29, 1.82) is 0 Å². The summed E-state index contributed by atoms with van der Waals surface area (Å²) in [7, 11) is 0. The molecule has 0 bridgehead atoms. The first kappa shape index (κ1) is 12.5. The number of hydrogen-bond donors (Lipinski definition) is 0. The number of imidazole rings is 1. The summed E-state index contributed by atoms with van der Waals surface area (Å²) in [6.45, 7) is 0. The monoisotopic (exact) mass is 265 g/mol. The van der Waals surface area contributed by atoms with Crippen LogP contribution < -0.4 is 0 Å². The van der Waals surface area contributed by atoms with E-state index in [9.17, 15) is 4.79 Å². The van der Waals surface area contributed by atoms with Gasteiger partial charge in [-0.25, -0.2) is 9.97 Å². The molecule has 100 valence electrons. The van der Waals surface area contributed by atoms with Crippen molar-refractivity contribution in [2.45, 2.75) is 19.3 Å². The topological polar surface area (TPSA) is 47.8 Å². The van der Waals surface area contributed by atoms with E-state index in [0.717, 1.165) is 18.4 Å². The van der Waals surface area contributed by atoms with Crippen molar-refractivity contribution in [3.63, 3.8) is 0 Å². The summed E-state index contributed by atoms with van der Waals surface area (Å²) < 4.78 is 1.54. The van der Waals surface area contributed by atoms with Crippen LogP contribution in [0.15, 0.2) is 55.0 Å². The van der Waals surface area contributed by atoms with Crippen LogP contribution in [0, 0.1) is 0 Å². The molecule has 0 saturated heterocycles. The quantitative estimate of drug-likeness (QED) is 0.728. The molecule has 4 nitrogen and oxygen atoms in total. The number of carbonyl (C=O) groups is 1. The molecule has 3 rings (SSSR count). The molecule has 0 atom stereocenters. The van der Waals surface area contributed by atoms with Gasteiger partial charge in [0.1, 0.15) is 11.8 Å². The van der Waals surface area contributed by atoms with E-state index in [1.165, 1.54) is 5.56 Å². The summed E-state index contributed by atoms with van der Waals surface area (Å²) in [4.78, 5) is 20.6. The number of aromatic nitrogens is 3. The Morgan fingerprint density at radius 1 is 1.05 bits per heavy atom. The van der Waals surface area contributed by atoms with E-state index >= 15 is 0 Å². The smallest absolute Gasteiger partial charge is 0.233 e. The largest absolute Gasteiger partial charge is 0.274 e. The fraction of sp³-hybridized carbons (Fsp3) is 0.188. The Balaban J connectivity index is 1.65. The van der Waals surface area contributed by atoms with Gasteiger partial charge in [-0.05, 0) is 30.5 Å². The Morgan fingerprint density at radius 3 is 2.75 bits per heavy atom. The molecule has 3 aromatic rings. The molecule has 0 radical (unpaired) electrons. The number of rotatable bonds is 4. The molecule has 4 heteroatoms. The Kier molecular flexibility index (Phi) is 3.54. The van der Waals surface area contributed by atoms with E-state index in [2.05, 4.69) is 22.1 Å². The van der Waals surface area contributed by atoms with Crippen LogP contribution >= 0.6 is 0 Å². The Bertz CT molecular complexity index is 719. The number of hydrogen-bond acceptors (Lipinski definition) is 3. The summed E-state index contributed by atoms with van der Waals surface area (Å²) in [5.41, 5.74) is 2.65. The van der Waals surface area contributed by atoms with E-state index in [1.54, 1.807) is 17.1 Å². The van der Waals surface area contributed by atoms with Crippen molar-refractivity contribution in [1.82, 2.24) is 14.5 Å².